The number of hydrogen-bond acceptors (Lipinski definition) is 5. The van der Waals surface area contributed by atoms with Crippen LogP contribution in [0.25, 0.3) is 6.08 Å². The first-order valence-corrected chi connectivity index (χ1v) is 3.98. The Hall–Kier alpha value is -2.09. The third-order valence-electron chi connectivity index (χ3n) is 1.48. The zero-order valence-electron chi connectivity index (χ0n) is 7.77. The first-order valence-electron chi connectivity index (χ1n) is 3.98. The van der Waals surface area contributed by atoms with Crippen molar-refractivity contribution in [3.05, 3.63) is 18.0 Å². The van der Waals surface area contributed by atoms with Gasteiger partial charge in [0.2, 0.25) is 0 Å². The van der Waals surface area contributed by atoms with E-state index in [1.807, 2.05) is 6.07 Å². The van der Waals surface area contributed by atoms with Gasteiger partial charge in [-0.2, -0.15) is 5.26 Å². The maximum atomic E-state index is 8.31. The number of nitrogen functional groups attached to an aromatic ring is 1. The van der Waals surface area contributed by atoms with Crippen molar-refractivity contribution in [1.82, 2.24) is 9.97 Å². The van der Waals surface area contributed by atoms with Gasteiger partial charge in [-0.25, -0.2) is 9.97 Å². The third kappa shape index (κ3) is 2.45. The fourth-order valence-corrected chi connectivity index (χ4v) is 0.857. The minimum absolute atomic E-state index is 0.255. The molecule has 0 amide bonds. The van der Waals surface area contributed by atoms with Crippen LogP contribution in [0.5, 0.6) is 5.88 Å². The lowest BCUT2D eigenvalue weighted by Gasteiger charge is -2.01. The van der Waals surface area contributed by atoms with Crippen molar-refractivity contribution in [2.24, 2.45) is 0 Å². The fraction of sp³-hybridized carbons (Fsp3) is 0.222. The molecule has 5 heteroatoms. The summed E-state index contributed by atoms with van der Waals surface area (Å²) in [6.45, 7) is 0. The number of nitrogens with zero attached hydrogens (tertiary/aromatic N) is 3. The summed E-state index contributed by atoms with van der Waals surface area (Å²) >= 11 is 0. The fourth-order valence-electron chi connectivity index (χ4n) is 0.857. The molecule has 0 aliphatic rings. The number of aromatic nitrogens is 2. The van der Waals surface area contributed by atoms with Crippen molar-refractivity contribution in [2.75, 3.05) is 12.8 Å². The standard InChI is InChI=1S/C9H10N4O/c1-14-9-8(11)12-6-7(13-9)4-2-3-5-10/h2,4,6H,3H2,1H3,(H2,11,12). The molecule has 1 rings (SSSR count). The van der Waals surface area contributed by atoms with Gasteiger partial charge >= 0.3 is 0 Å². The number of nitrogens with two attached hydrogens (primary N) is 1. The van der Waals surface area contributed by atoms with Crippen LogP contribution in [0, 0.1) is 11.3 Å². The quantitative estimate of drug-likeness (QED) is 0.768. The van der Waals surface area contributed by atoms with Crippen LogP contribution in [-0.4, -0.2) is 17.1 Å². The van der Waals surface area contributed by atoms with Gasteiger partial charge in [-0.15, -0.1) is 0 Å². The second-order valence-corrected chi connectivity index (χ2v) is 2.45. The molecule has 0 aliphatic heterocycles. The van der Waals surface area contributed by atoms with E-state index >= 15 is 0 Å². The van der Waals surface area contributed by atoms with Gasteiger partial charge in [-0.05, 0) is 6.08 Å². The van der Waals surface area contributed by atoms with Crippen LogP contribution in [0.2, 0.25) is 0 Å². The number of methoxy groups -OCH3 is 1. The van der Waals surface area contributed by atoms with Gasteiger partial charge in [-0.3, -0.25) is 0 Å². The third-order valence-corrected chi connectivity index (χ3v) is 1.48. The molecule has 0 atom stereocenters. The number of nitriles is 1. The van der Waals surface area contributed by atoms with Crippen LogP contribution in [0.1, 0.15) is 12.1 Å². The lowest BCUT2D eigenvalue weighted by atomic mass is 10.3. The van der Waals surface area contributed by atoms with Crippen LogP contribution in [-0.2, 0) is 0 Å². The summed E-state index contributed by atoms with van der Waals surface area (Å²) in [6, 6.07) is 1.99. The Bertz CT molecular complexity index is 381. The topological polar surface area (TPSA) is 84.8 Å². The average molecular weight is 190 g/mol. The molecule has 0 aliphatic carbocycles. The van der Waals surface area contributed by atoms with Crippen LogP contribution in [0.3, 0.4) is 0 Å². The summed E-state index contributed by atoms with van der Waals surface area (Å²) in [5.41, 5.74) is 6.10. The normalized spacial score (nSPS) is 10.0. The zero-order valence-corrected chi connectivity index (χ0v) is 7.77. The molecule has 1 aromatic rings. The van der Waals surface area contributed by atoms with Crippen LogP contribution < -0.4 is 10.5 Å². The Kier molecular flexibility index (Phi) is 3.44. The molecule has 0 aromatic carbocycles. The minimum Gasteiger partial charge on any atom is -0.478 e. The highest BCUT2D eigenvalue weighted by Gasteiger charge is 2.01. The van der Waals surface area contributed by atoms with Gasteiger partial charge in [0, 0.05) is 0 Å². The summed E-state index contributed by atoms with van der Waals surface area (Å²) in [5.74, 6) is 0.550. The zero-order chi connectivity index (χ0) is 10.4. The van der Waals surface area contributed by atoms with Crippen molar-refractivity contribution in [2.45, 2.75) is 6.42 Å². The number of hydrogen-bond donors (Lipinski definition) is 1. The molecule has 0 saturated carbocycles. The first kappa shape index (κ1) is 9.99. The molecule has 0 spiro atoms. The molecule has 72 valence electrons. The molecule has 0 saturated heterocycles. The molecule has 0 radical (unpaired) electrons. The van der Waals surface area contributed by atoms with E-state index in [0.29, 0.717) is 18.0 Å². The molecule has 1 aromatic heterocycles. The predicted molar refractivity (Wildman–Crippen MR) is 52.3 cm³/mol. The second kappa shape index (κ2) is 4.82. The van der Waals surface area contributed by atoms with Crippen molar-refractivity contribution >= 4 is 11.9 Å². The summed E-state index contributed by atoms with van der Waals surface area (Å²) in [7, 11) is 1.48. The number of rotatable bonds is 3. The first-order chi connectivity index (χ1) is 6.77. The van der Waals surface area contributed by atoms with Gasteiger partial charge in [0.05, 0.1) is 31.5 Å². The summed E-state index contributed by atoms with van der Waals surface area (Å²) in [5, 5.41) is 8.31. The number of allylic oxidation sites excluding steroid dienone is 1. The highest BCUT2D eigenvalue weighted by Crippen LogP contribution is 2.14. The van der Waals surface area contributed by atoms with E-state index in [2.05, 4.69) is 9.97 Å². The SMILES string of the molecule is COc1nc(C=CCC#N)cnc1N. The maximum Gasteiger partial charge on any atom is 0.257 e. The lowest BCUT2D eigenvalue weighted by Crippen LogP contribution is -1.99. The second-order valence-electron chi connectivity index (χ2n) is 2.45. The smallest absolute Gasteiger partial charge is 0.257 e. The van der Waals surface area contributed by atoms with Gasteiger partial charge in [-0.1, -0.05) is 6.08 Å². The van der Waals surface area contributed by atoms with Gasteiger partial charge in [0.25, 0.3) is 5.88 Å². The molecular weight excluding hydrogens is 180 g/mol. The van der Waals surface area contributed by atoms with E-state index in [1.54, 1.807) is 12.2 Å². The monoisotopic (exact) mass is 190 g/mol. The van der Waals surface area contributed by atoms with Crippen LogP contribution >= 0.6 is 0 Å². The predicted octanol–water partition coefficient (Wildman–Crippen LogP) is 0.994. The molecular formula is C9H10N4O. The molecule has 5 nitrogen and oxygen atoms in total. The van der Waals surface area contributed by atoms with Crippen molar-refractivity contribution in [3.63, 3.8) is 0 Å². The van der Waals surface area contributed by atoms with Crippen molar-refractivity contribution < 1.29 is 4.74 Å². The summed E-state index contributed by atoms with van der Waals surface area (Å²) < 4.78 is 4.89. The molecule has 0 unspecified atom stereocenters. The summed E-state index contributed by atoms with van der Waals surface area (Å²) in [6.07, 6.45) is 5.25. The molecule has 0 fully saturated rings. The minimum atomic E-state index is 0.255. The number of anilines is 1. The van der Waals surface area contributed by atoms with E-state index in [4.69, 9.17) is 15.7 Å². The molecule has 0 bridgehead atoms. The largest absolute Gasteiger partial charge is 0.478 e. The van der Waals surface area contributed by atoms with Gasteiger partial charge in [0.1, 0.15) is 0 Å². The Balaban J connectivity index is 2.85. The van der Waals surface area contributed by atoms with E-state index in [1.165, 1.54) is 13.3 Å². The molecule has 1 heterocycles. The Morgan fingerprint density at radius 1 is 1.71 bits per heavy atom. The molecule has 2 N–H and O–H groups in total. The van der Waals surface area contributed by atoms with Gasteiger partial charge < -0.3 is 10.5 Å². The molecule has 14 heavy (non-hydrogen) atoms. The highest BCUT2D eigenvalue weighted by atomic mass is 16.5. The van der Waals surface area contributed by atoms with Crippen molar-refractivity contribution in [3.8, 4) is 11.9 Å². The Morgan fingerprint density at radius 2 is 2.50 bits per heavy atom. The van der Waals surface area contributed by atoms with Crippen LogP contribution in [0.4, 0.5) is 5.82 Å². The average Bonchev–Trinajstić information content (AvgIpc) is 2.21. The highest BCUT2D eigenvalue weighted by molar-refractivity contribution is 5.49. The van der Waals surface area contributed by atoms with E-state index < -0.39 is 0 Å². The van der Waals surface area contributed by atoms with E-state index in [9.17, 15) is 0 Å². The van der Waals surface area contributed by atoms with Crippen molar-refractivity contribution in [1.29, 1.82) is 5.26 Å². The van der Waals surface area contributed by atoms with E-state index in [0.717, 1.165) is 0 Å². The Morgan fingerprint density at radius 3 is 3.14 bits per heavy atom. The van der Waals surface area contributed by atoms with Crippen LogP contribution in [0.15, 0.2) is 12.3 Å². The number of ether oxygens (including phenoxy) is 1. The summed E-state index contributed by atoms with van der Waals surface area (Å²) in [4.78, 5) is 7.94. The van der Waals surface area contributed by atoms with E-state index in [-0.39, 0.29) is 5.82 Å². The maximum absolute atomic E-state index is 8.31. The Labute approximate surface area is 81.9 Å². The van der Waals surface area contributed by atoms with Gasteiger partial charge in [0.15, 0.2) is 5.82 Å². The lowest BCUT2D eigenvalue weighted by molar-refractivity contribution is 0.398.